The highest BCUT2D eigenvalue weighted by molar-refractivity contribution is 5.99. The van der Waals surface area contributed by atoms with Crippen LogP contribution in [0.2, 0.25) is 0 Å². The number of amidine groups is 1. The summed E-state index contributed by atoms with van der Waals surface area (Å²) >= 11 is 0. The van der Waals surface area contributed by atoms with Gasteiger partial charge in [-0.15, -0.1) is 0 Å². The van der Waals surface area contributed by atoms with E-state index in [4.69, 9.17) is 16.9 Å². The van der Waals surface area contributed by atoms with Crippen LogP contribution in [0, 0.1) is 5.41 Å². The third-order valence-electron chi connectivity index (χ3n) is 4.12. The van der Waals surface area contributed by atoms with Crippen molar-refractivity contribution in [2.75, 3.05) is 28.7 Å². The van der Waals surface area contributed by atoms with Crippen molar-refractivity contribution in [3.8, 4) is 0 Å². The van der Waals surface area contributed by atoms with Crippen molar-refractivity contribution in [3.05, 3.63) is 54.1 Å². The van der Waals surface area contributed by atoms with Gasteiger partial charge in [0.1, 0.15) is 5.84 Å². The van der Waals surface area contributed by atoms with Crippen LogP contribution < -0.4 is 27.0 Å². The predicted octanol–water partition coefficient (Wildman–Crippen LogP) is 1.21. The second-order valence-electron chi connectivity index (χ2n) is 6.34. The van der Waals surface area contributed by atoms with Gasteiger partial charge in [0, 0.05) is 42.0 Å². The number of primary amides is 1. The number of nitrogens with two attached hydrogens (primary N) is 2. The summed E-state index contributed by atoms with van der Waals surface area (Å²) in [6, 6.07) is 12.1. The van der Waals surface area contributed by atoms with Crippen molar-refractivity contribution in [1.29, 1.82) is 5.41 Å². The molecule has 0 aliphatic rings. The molecule has 0 aliphatic carbocycles. The first-order chi connectivity index (χ1) is 14.3. The van der Waals surface area contributed by atoms with Crippen molar-refractivity contribution >= 4 is 40.7 Å². The Morgan fingerprint density at radius 3 is 2.00 bits per heavy atom. The maximum absolute atomic E-state index is 12.6. The molecule has 10 nitrogen and oxygen atoms in total. The molecule has 4 amide bonds. The Morgan fingerprint density at radius 1 is 0.900 bits per heavy atom. The standard InChI is InChI=1S/C20H24N6O4/c21-19(22)13-1-3-14(4-2-13)24-17(28)9-10-18(29)26(11-12-27)16-7-5-15(6-8-16)25-20(23)30/h1-8,27H,9-12H2,(H3,21,22)(H,24,28)(H3,23,25,30). The Kier molecular flexibility index (Phi) is 7.89. The largest absolute Gasteiger partial charge is 0.395 e. The van der Waals surface area contributed by atoms with Crippen LogP contribution >= 0.6 is 0 Å². The second kappa shape index (κ2) is 10.6. The number of nitrogens with zero attached hydrogens (tertiary/aromatic N) is 1. The molecule has 0 spiro atoms. The number of amides is 4. The van der Waals surface area contributed by atoms with Gasteiger partial charge in [0.25, 0.3) is 0 Å². The van der Waals surface area contributed by atoms with Gasteiger partial charge in [0.15, 0.2) is 0 Å². The molecule has 30 heavy (non-hydrogen) atoms. The Bertz CT molecular complexity index is 912. The molecule has 0 radical (unpaired) electrons. The van der Waals surface area contributed by atoms with E-state index in [9.17, 15) is 19.5 Å². The maximum Gasteiger partial charge on any atom is 0.316 e. The minimum absolute atomic E-state index is 0.0451. The van der Waals surface area contributed by atoms with Crippen molar-refractivity contribution < 1.29 is 19.5 Å². The van der Waals surface area contributed by atoms with E-state index in [-0.39, 0.29) is 43.6 Å². The molecule has 0 aromatic heterocycles. The summed E-state index contributed by atoms with van der Waals surface area (Å²) in [6.07, 6.45) is -0.102. The fraction of sp³-hybridized carbons (Fsp3) is 0.200. The summed E-state index contributed by atoms with van der Waals surface area (Å²) in [5, 5.41) is 21.7. The fourth-order valence-electron chi connectivity index (χ4n) is 2.68. The van der Waals surface area contributed by atoms with Crippen LogP contribution in [0.3, 0.4) is 0 Å². The summed E-state index contributed by atoms with van der Waals surface area (Å²) in [5.41, 5.74) is 12.5. The molecule has 0 atom stereocenters. The van der Waals surface area contributed by atoms with Crippen LogP contribution in [0.1, 0.15) is 18.4 Å². The van der Waals surface area contributed by atoms with Crippen LogP contribution in [0.15, 0.2) is 48.5 Å². The molecular formula is C20H24N6O4. The molecule has 0 fully saturated rings. The molecule has 0 saturated carbocycles. The van der Waals surface area contributed by atoms with E-state index in [1.807, 2.05) is 0 Å². The Balaban J connectivity index is 1.94. The summed E-state index contributed by atoms with van der Waals surface area (Å²) in [5.74, 6) is -0.744. The molecular weight excluding hydrogens is 388 g/mol. The van der Waals surface area contributed by atoms with Crippen LogP contribution in [-0.2, 0) is 9.59 Å². The average Bonchev–Trinajstić information content (AvgIpc) is 2.71. The molecule has 2 aromatic rings. The fourth-order valence-corrected chi connectivity index (χ4v) is 2.68. The lowest BCUT2D eigenvalue weighted by molar-refractivity contribution is -0.122. The Labute approximate surface area is 173 Å². The van der Waals surface area contributed by atoms with E-state index < -0.39 is 6.03 Å². The molecule has 0 aliphatic heterocycles. The number of hydrogen-bond acceptors (Lipinski definition) is 5. The first-order valence-corrected chi connectivity index (χ1v) is 9.12. The van der Waals surface area contributed by atoms with E-state index in [0.29, 0.717) is 22.6 Å². The topological polar surface area (TPSA) is 175 Å². The predicted molar refractivity (Wildman–Crippen MR) is 114 cm³/mol. The van der Waals surface area contributed by atoms with Gasteiger partial charge in [0.05, 0.1) is 6.61 Å². The van der Waals surface area contributed by atoms with E-state index in [0.717, 1.165) is 0 Å². The smallest absolute Gasteiger partial charge is 0.316 e. The minimum atomic E-state index is -0.701. The zero-order valence-electron chi connectivity index (χ0n) is 16.2. The van der Waals surface area contributed by atoms with E-state index >= 15 is 0 Å². The number of rotatable bonds is 9. The van der Waals surface area contributed by atoms with Gasteiger partial charge in [-0.25, -0.2) is 4.79 Å². The molecule has 2 rings (SSSR count). The molecule has 2 aromatic carbocycles. The summed E-state index contributed by atoms with van der Waals surface area (Å²) < 4.78 is 0. The third-order valence-corrected chi connectivity index (χ3v) is 4.12. The number of aliphatic hydroxyl groups excluding tert-OH is 1. The third kappa shape index (κ3) is 6.60. The lowest BCUT2D eigenvalue weighted by Crippen LogP contribution is -2.34. The van der Waals surface area contributed by atoms with E-state index in [2.05, 4.69) is 10.6 Å². The average molecular weight is 412 g/mol. The van der Waals surface area contributed by atoms with E-state index in [1.165, 1.54) is 4.90 Å². The van der Waals surface area contributed by atoms with Crippen LogP contribution in [0.25, 0.3) is 0 Å². The van der Waals surface area contributed by atoms with Crippen LogP contribution in [0.5, 0.6) is 0 Å². The number of hydrogen-bond donors (Lipinski definition) is 6. The SMILES string of the molecule is N=C(N)c1ccc(NC(=O)CCC(=O)N(CCO)c2ccc(NC(N)=O)cc2)cc1. The van der Waals surface area contributed by atoms with Gasteiger partial charge < -0.3 is 32.1 Å². The molecule has 8 N–H and O–H groups in total. The minimum Gasteiger partial charge on any atom is -0.395 e. The number of carbonyl (C=O) groups is 3. The quantitative estimate of drug-likeness (QED) is 0.267. The number of benzene rings is 2. The van der Waals surface area contributed by atoms with Crippen molar-refractivity contribution in [2.24, 2.45) is 11.5 Å². The first-order valence-electron chi connectivity index (χ1n) is 9.12. The van der Waals surface area contributed by atoms with E-state index in [1.54, 1.807) is 48.5 Å². The zero-order chi connectivity index (χ0) is 22.1. The number of carbonyl (C=O) groups excluding carboxylic acids is 3. The highest BCUT2D eigenvalue weighted by Gasteiger charge is 2.17. The van der Waals surface area contributed by atoms with Crippen molar-refractivity contribution in [2.45, 2.75) is 12.8 Å². The number of aliphatic hydroxyl groups is 1. The summed E-state index contributed by atoms with van der Waals surface area (Å²) in [7, 11) is 0. The number of nitrogen functional groups attached to an aromatic ring is 1. The second-order valence-corrected chi connectivity index (χ2v) is 6.34. The van der Waals surface area contributed by atoms with Crippen molar-refractivity contribution in [3.63, 3.8) is 0 Å². The maximum atomic E-state index is 12.6. The van der Waals surface area contributed by atoms with Gasteiger partial charge in [-0.3, -0.25) is 15.0 Å². The Morgan fingerprint density at radius 2 is 1.47 bits per heavy atom. The van der Waals surface area contributed by atoms with Gasteiger partial charge in [-0.1, -0.05) is 0 Å². The lowest BCUT2D eigenvalue weighted by Gasteiger charge is -2.22. The summed E-state index contributed by atoms with van der Waals surface area (Å²) in [6.45, 7) is -0.183. The molecule has 0 unspecified atom stereocenters. The highest BCUT2D eigenvalue weighted by atomic mass is 16.3. The normalized spacial score (nSPS) is 10.2. The monoisotopic (exact) mass is 412 g/mol. The van der Waals surface area contributed by atoms with Gasteiger partial charge in [-0.2, -0.15) is 0 Å². The number of anilines is 3. The molecule has 158 valence electrons. The number of urea groups is 1. The van der Waals surface area contributed by atoms with Crippen LogP contribution in [-0.4, -0.2) is 41.9 Å². The van der Waals surface area contributed by atoms with Gasteiger partial charge in [-0.05, 0) is 48.5 Å². The zero-order valence-corrected chi connectivity index (χ0v) is 16.2. The van der Waals surface area contributed by atoms with Gasteiger partial charge >= 0.3 is 6.03 Å². The molecule has 0 saturated heterocycles. The lowest BCUT2D eigenvalue weighted by atomic mass is 10.2. The summed E-state index contributed by atoms with van der Waals surface area (Å²) in [4.78, 5) is 37.0. The number of nitrogens with one attached hydrogen (secondary N) is 3. The molecule has 0 bridgehead atoms. The van der Waals surface area contributed by atoms with Crippen LogP contribution in [0.4, 0.5) is 21.9 Å². The van der Waals surface area contributed by atoms with Gasteiger partial charge in [0.2, 0.25) is 11.8 Å². The van der Waals surface area contributed by atoms with Crippen molar-refractivity contribution in [1.82, 2.24) is 0 Å². The first kappa shape index (κ1) is 22.4. The molecule has 10 heteroatoms. The molecule has 0 heterocycles. The highest BCUT2D eigenvalue weighted by Crippen LogP contribution is 2.19. The Hall–Kier alpha value is -3.92.